The monoisotopic (exact) mass is 350 g/mol. The van der Waals surface area contributed by atoms with Gasteiger partial charge < -0.3 is 10.7 Å². The molecule has 5 aliphatic rings. The first kappa shape index (κ1) is 15.2. The Bertz CT molecular complexity index is 468. The van der Waals surface area contributed by atoms with Gasteiger partial charge in [-0.25, -0.2) is 0 Å². The number of cyclic esters (lactones) is 2. The van der Waals surface area contributed by atoms with Crippen LogP contribution >= 0.6 is 0 Å². The molecule has 0 N–H and O–H groups in total. The van der Waals surface area contributed by atoms with Gasteiger partial charge in [-0.15, -0.1) is 0 Å². The van der Waals surface area contributed by atoms with E-state index in [0.717, 1.165) is 19.3 Å². The molecule has 1 aliphatic heterocycles. The summed E-state index contributed by atoms with van der Waals surface area (Å²) in [6.45, 7) is 4.75. The number of esters is 2. The van der Waals surface area contributed by atoms with E-state index in [0.29, 0.717) is 17.3 Å². The maximum Gasteiger partial charge on any atom is 0.317 e. The van der Waals surface area contributed by atoms with Crippen LogP contribution in [0.25, 0.3) is 0 Å². The van der Waals surface area contributed by atoms with Crippen LogP contribution < -0.4 is 0 Å². The number of rotatable bonds is 1. The Morgan fingerprint density at radius 1 is 1.05 bits per heavy atom. The van der Waals surface area contributed by atoms with Gasteiger partial charge in [-0.3, -0.25) is 9.59 Å². The van der Waals surface area contributed by atoms with E-state index >= 15 is 0 Å². The van der Waals surface area contributed by atoms with Gasteiger partial charge in [-0.05, 0) is 24.7 Å². The maximum atomic E-state index is 12.1. The second-order valence-corrected chi connectivity index (χ2v) is 8.34. The molecule has 4 heteroatoms. The number of hydrogen-bond acceptors (Lipinski definition) is 3. The second kappa shape index (κ2) is 4.38. The molecule has 0 spiro atoms. The Labute approximate surface area is 145 Å². The van der Waals surface area contributed by atoms with Crippen LogP contribution in [0.3, 0.4) is 0 Å². The Balaban J connectivity index is 0.00000121. The molecule has 3 atom stereocenters. The normalized spacial score (nSPS) is 50.2. The summed E-state index contributed by atoms with van der Waals surface area (Å²) >= 11 is 0. The maximum absolute atomic E-state index is 12.1. The van der Waals surface area contributed by atoms with Crippen molar-refractivity contribution in [2.45, 2.75) is 58.8 Å². The zero-order chi connectivity index (χ0) is 13.5. The van der Waals surface area contributed by atoms with Crippen molar-refractivity contribution in [3.8, 4) is 0 Å². The molecule has 1 heterocycles. The standard InChI is InChI=1S/C16H21O3.Y/c1-14-4-10-5-15(2,7-14)9-16(6-10,8-14)11-3-12(17)19-13(11)18;/h11H,3-9H2,1-2H3;/q-1;. The molecule has 0 aromatic heterocycles. The SMILES string of the molecule is CC12C[C-]3CC(C)(C1)CC(C1CC(=O)OC1=O)(C3)C2.[Y]. The summed E-state index contributed by atoms with van der Waals surface area (Å²) in [4.78, 5) is 23.5. The average molecular weight is 350 g/mol. The third-order valence-corrected chi connectivity index (χ3v) is 5.98. The summed E-state index contributed by atoms with van der Waals surface area (Å²) in [6, 6.07) is 0. The van der Waals surface area contributed by atoms with Crippen molar-refractivity contribution >= 4 is 11.9 Å². The Morgan fingerprint density at radius 2 is 1.65 bits per heavy atom. The van der Waals surface area contributed by atoms with Gasteiger partial charge in [0.15, 0.2) is 0 Å². The Morgan fingerprint density at radius 3 is 2.10 bits per heavy atom. The summed E-state index contributed by atoms with van der Waals surface area (Å²) in [6.07, 6.45) is 7.34. The third-order valence-electron chi connectivity index (χ3n) is 5.98. The molecular formula is C16H21O3Y-. The molecule has 4 saturated carbocycles. The molecule has 0 aromatic rings. The largest absolute Gasteiger partial charge is 0.393 e. The molecule has 20 heavy (non-hydrogen) atoms. The van der Waals surface area contributed by atoms with Gasteiger partial charge >= 0.3 is 11.9 Å². The van der Waals surface area contributed by atoms with E-state index in [-0.39, 0.29) is 56.0 Å². The van der Waals surface area contributed by atoms with Crippen molar-refractivity contribution in [1.82, 2.24) is 0 Å². The quantitative estimate of drug-likeness (QED) is 0.415. The van der Waals surface area contributed by atoms with E-state index < -0.39 is 0 Å². The fraction of sp³-hybridized carbons (Fsp3) is 0.812. The Hall–Kier alpha value is 0.244. The molecule has 5 rings (SSSR count). The molecule has 0 aromatic carbocycles. The summed E-state index contributed by atoms with van der Waals surface area (Å²) < 4.78 is 4.84. The van der Waals surface area contributed by atoms with E-state index in [2.05, 4.69) is 13.8 Å². The molecule has 107 valence electrons. The fourth-order valence-electron chi connectivity index (χ4n) is 6.50. The predicted molar refractivity (Wildman–Crippen MR) is 68.8 cm³/mol. The summed E-state index contributed by atoms with van der Waals surface area (Å²) in [7, 11) is 0. The van der Waals surface area contributed by atoms with E-state index in [1.165, 1.54) is 19.3 Å². The molecule has 1 radical (unpaired) electrons. The zero-order valence-electron chi connectivity index (χ0n) is 12.3. The molecule has 4 bridgehead atoms. The van der Waals surface area contributed by atoms with Crippen LogP contribution in [0.15, 0.2) is 0 Å². The average Bonchev–Trinajstić information content (AvgIpc) is 2.52. The minimum absolute atomic E-state index is 0. The molecule has 3 nitrogen and oxygen atoms in total. The topological polar surface area (TPSA) is 43.4 Å². The van der Waals surface area contributed by atoms with Gasteiger partial charge in [-0.1, -0.05) is 24.7 Å². The van der Waals surface area contributed by atoms with Crippen LogP contribution in [0.5, 0.6) is 0 Å². The van der Waals surface area contributed by atoms with Crippen LogP contribution in [0.1, 0.15) is 58.8 Å². The van der Waals surface area contributed by atoms with Gasteiger partial charge in [-0.2, -0.15) is 19.3 Å². The molecular weight excluding hydrogens is 329 g/mol. The minimum atomic E-state index is -0.314. The summed E-state index contributed by atoms with van der Waals surface area (Å²) in [5, 5.41) is 0. The second-order valence-electron chi connectivity index (χ2n) is 8.34. The Kier molecular flexibility index (Phi) is 3.32. The van der Waals surface area contributed by atoms with E-state index in [1.54, 1.807) is 5.92 Å². The van der Waals surface area contributed by atoms with Gasteiger partial charge in [0.2, 0.25) is 0 Å². The van der Waals surface area contributed by atoms with Crippen molar-refractivity contribution in [3.63, 3.8) is 0 Å². The van der Waals surface area contributed by atoms with E-state index in [4.69, 9.17) is 4.74 Å². The summed E-state index contributed by atoms with van der Waals surface area (Å²) in [5.41, 5.74) is 0.729. The number of ether oxygens (including phenoxy) is 1. The van der Waals surface area contributed by atoms with Gasteiger partial charge in [0, 0.05) is 32.7 Å². The van der Waals surface area contributed by atoms with Gasteiger partial charge in [0.25, 0.3) is 0 Å². The van der Waals surface area contributed by atoms with Crippen molar-refractivity contribution in [2.75, 3.05) is 0 Å². The van der Waals surface area contributed by atoms with Crippen LogP contribution in [0.2, 0.25) is 0 Å². The van der Waals surface area contributed by atoms with Gasteiger partial charge in [0.05, 0.1) is 12.3 Å². The first-order valence-electron chi connectivity index (χ1n) is 7.40. The molecule has 0 amide bonds. The summed E-state index contributed by atoms with van der Waals surface area (Å²) in [5.74, 6) is 0.904. The van der Waals surface area contributed by atoms with Crippen LogP contribution in [-0.2, 0) is 47.0 Å². The van der Waals surface area contributed by atoms with Crippen LogP contribution in [-0.4, -0.2) is 11.9 Å². The molecule has 3 unspecified atom stereocenters. The van der Waals surface area contributed by atoms with Crippen LogP contribution in [0.4, 0.5) is 0 Å². The minimum Gasteiger partial charge on any atom is -0.393 e. The first-order valence-corrected chi connectivity index (χ1v) is 7.40. The van der Waals surface area contributed by atoms with E-state index in [9.17, 15) is 9.59 Å². The van der Waals surface area contributed by atoms with Crippen molar-refractivity contribution < 1.29 is 47.0 Å². The van der Waals surface area contributed by atoms with Crippen LogP contribution in [0, 0.1) is 28.1 Å². The number of hydrogen-bond donors (Lipinski definition) is 0. The van der Waals surface area contributed by atoms with E-state index in [1.807, 2.05) is 0 Å². The third kappa shape index (κ3) is 2.07. The predicted octanol–water partition coefficient (Wildman–Crippen LogP) is 3.03. The fourth-order valence-corrected chi connectivity index (χ4v) is 6.50. The van der Waals surface area contributed by atoms with Crippen molar-refractivity contribution in [3.05, 3.63) is 5.92 Å². The van der Waals surface area contributed by atoms with Crippen molar-refractivity contribution in [2.24, 2.45) is 22.2 Å². The molecule has 4 aliphatic carbocycles. The first-order chi connectivity index (χ1) is 8.82. The van der Waals surface area contributed by atoms with Gasteiger partial charge in [0.1, 0.15) is 0 Å². The number of carbonyl (C=O) groups excluding carboxylic acids is 2. The number of carbonyl (C=O) groups is 2. The smallest absolute Gasteiger partial charge is 0.317 e. The van der Waals surface area contributed by atoms with Crippen molar-refractivity contribution in [1.29, 1.82) is 0 Å². The molecule has 5 fully saturated rings. The zero-order valence-corrected chi connectivity index (χ0v) is 15.2. The molecule has 1 saturated heterocycles.